The molecule has 1 aromatic carbocycles. The average molecular weight is 588 g/mol. The number of hydrogen-bond donors (Lipinski definition) is 2. The van der Waals surface area contributed by atoms with Crippen LogP contribution in [-0.2, 0) is 13.6 Å². The zero-order valence-electron chi connectivity index (χ0n) is 24.7. The van der Waals surface area contributed by atoms with Crippen molar-refractivity contribution in [3.63, 3.8) is 0 Å². The largest absolute Gasteiger partial charge is 0.494 e. The van der Waals surface area contributed by atoms with Crippen LogP contribution in [0.2, 0.25) is 0 Å². The summed E-state index contributed by atoms with van der Waals surface area (Å²) in [5, 5.41) is 13.6. The Morgan fingerprint density at radius 3 is 2.73 bits per heavy atom. The molecule has 3 atom stereocenters. The number of piperidine rings is 1. The topological polar surface area (TPSA) is 140 Å². The van der Waals surface area contributed by atoms with Crippen molar-refractivity contribution in [3.05, 3.63) is 59.9 Å². The normalized spacial score (nSPS) is 20.9. The van der Waals surface area contributed by atoms with Crippen molar-refractivity contribution < 1.29 is 9.53 Å². The fraction of sp³-hybridized carbons (Fsp3) is 0.364. The Balaban J connectivity index is 1.20. The summed E-state index contributed by atoms with van der Waals surface area (Å²) >= 11 is 0. The predicted molar refractivity (Wildman–Crippen MR) is 166 cm³/mol. The number of nitrogens with two attached hydrogens (primary N) is 1. The van der Waals surface area contributed by atoms with Crippen LogP contribution in [0.1, 0.15) is 41.7 Å². The molecule has 8 rings (SSSR count). The minimum atomic E-state index is -0.0109. The van der Waals surface area contributed by atoms with Gasteiger partial charge in [0, 0.05) is 55.1 Å². The molecule has 3 aliphatic rings. The number of carbonyl (C=O) groups excluding carboxylic acids is 1. The number of fused-ring (bicyclic) bond motifs is 4. The van der Waals surface area contributed by atoms with Crippen molar-refractivity contribution in [2.75, 3.05) is 19.0 Å². The summed E-state index contributed by atoms with van der Waals surface area (Å²) < 4.78 is 10.1. The Kier molecular flexibility index (Phi) is 6.10. The summed E-state index contributed by atoms with van der Waals surface area (Å²) in [5.41, 5.74) is 11.4. The summed E-state index contributed by atoms with van der Waals surface area (Å²) in [6.07, 6.45) is 6.04. The first-order valence-corrected chi connectivity index (χ1v) is 15.2. The number of amides is 1. The van der Waals surface area contributed by atoms with Gasteiger partial charge in [0.25, 0.3) is 5.91 Å². The fourth-order valence-electron chi connectivity index (χ4n) is 7.11. The molecule has 2 aliphatic carbocycles. The van der Waals surface area contributed by atoms with E-state index in [2.05, 4.69) is 33.1 Å². The molecule has 2 saturated carbocycles. The number of anilines is 2. The maximum atomic E-state index is 13.7. The van der Waals surface area contributed by atoms with Crippen molar-refractivity contribution in [3.8, 4) is 23.3 Å². The molecular weight excluding hydrogens is 554 g/mol. The van der Waals surface area contributed by atoms with Gasteiger partial charge in [0.15, 0.2) is 5.82 Å². The summed E-state index contributed by atoms with van der Waals surface area (Å²) in [6.45, 7) is 1.55. The molecule has 0 radical (unpaired) electrons. The minimum absolute atomic E-state index is 0.0109. The maximum Gasteiger partial charge on any atom is 0.254 e. The van der Waals surface area contributed by atoms with Gasteiger partial charge in [-0.25, -0.2) is 15.0 Å². The van der Waals surface area contributed by atoms with Gasteiger partial charge in [0.1, 0.15) is 34.5 Å². The lowest BCUT2D eigenvalue weighted by Gasteiger charge is -2.27. The van der Waals surface area contributed by atoms with E-state index in [1.54, 1.807) is 19.4 Å². The quantitative estimate of drug-likeness (QED) is 0.282. The number of nitriles is 1. The second-order valence-corrected chi connectivity index (χ2v) is 12.3. The van der Waals surface area contributed by atoms with Crippen LogP contribution in [0.25, 0.3) is 33.6 Å². The molecule has 1 amide bonds. The Morgan fingerprint density at radius 2 is 2.00 bits per heavy atom. The zero-order chi connectivity index (χ0) is 30.1. The van der Waals surface area contributed by atoms with Crippen molar-refractivity contribution in [1.82, 2.24) is 29.0 Å². The van der Waals surface area contributed by atoms with Crippen molar-refractivity contribution >= 4 is 39.5 Å². The van der Waals surface area contributed by atoms with Crippen molar-refractivity contribution in [2.45, 2.75) is 44.3 Å². The number of aromatic nitrogens is 5. The Morgan fingerprint density at radius 1 is 1.14 bits per heavy atom. The first-order chi connectivity index (χ1) is 21.4. The van der Waals surface area contributed by atoms with Gasteiger partial charge in [-0.2, -0.15) is 5.26 Å². The number of ether oxygens (including phenoxy) is 1. The average Bonchev–Trinajstić information content (AvgIpc) is 3.45. The van der Waals surface area contributed by atoms with Crippen LogP contribution in [0.3, 0.4) is 0 Å². The van der Waals surface area contributed by atoms with E-state index >= 15 is 0 Å². The van der Waals surface area contributed by atoms with Crippen molar-refractivity contribution in [1.29, 1.82) is 5.26 Å². The molecule has 3 fully saturated rings. The van der Waals surface area contributed by atoms with Gasteiger partial charge in [-0.1, -0.05) is 0 Å². The molecule has 222 valence electrons. The van der Waals surface area contributed by atoms with E-state index in [4.69, 9.17) is 20.4 Å². The highest BCUT2D eigenvalue weighted by Gasteiger charge is 2.47. The van der Waals surface area contributed by atoms with E-state index in [0.717, 1.165) is 53.1 Å². The van der Waals surface area contributed by atoms with E-state index < -0.39 is 0 Å². The highest BCUT2D eigenvalue weighted by Crippen LogP contribution is 2.40. The number of carbonyl (C=O) groups is 1. The van der Waals surface area contributed by atoms with Crippen molar-refractivity contribution in [2.24, 2.45) is 24.6 Å². The Bertz CT molecular complexity index is 2000. The first-order valence-electron chi connectivity index (χ1n) is 15.2. The highest BCUT2D eigenvalue weighted by molar-refractivity contribution is 6.00. The van der Waals surface area contributed by atoms with E-state index in [-0.39, 0.29) is 18.0 Å². The smallest absolute Gasteiger partial charge is 0.254 e. The first kappa shape index (κ1) is 26.7. The molecule has 1 saturated heterocycles. The number of nitrogens with one attached hydrogen (secondary N) is 1. The minimum Gasteiger partial charge on any atom is -0.494 e. The Hall–Kier alpha value is -4.95. The lowest BCUT2D eigenvalue weighted by atomic mass is 10.1. The molecule has 4 aromatic heterocycles. The molecule has 11 heteroatoms. The third-order valence-corrected chi connectivity index (χ3v) is 9.57. The molecule has 5 heterocycles. The molecule has 0 spiro atoms. The van der Waals surface area contributed by atoms with Crippen LogP contribution in [0.5, 0.6) is 5.75 Å². The second-order valence-electron chi connectivity index (χ2n) is 12.3. The number of nitrogens with zero attached hydrogens (tertiary/aromatic N) is 7. The van der Waals surface area contributed by atoms with Gasteiger partial charge in [-0.3, -0.25) is 4.79 Å². The number of rotatable bonds is 7. The van der Waals surface area contributed by atoms with E-state index in [1.807, 2.05) is 40.8 Å². The molecule has 0 unspecified atom stereocenters. The van der Waals surface area contributed by atoms with E-state index in [9.17, 15) is 10.1 Å². The molecular formula is C33H33N9O2. The standard InChI is InChI=1S/C33H33N9O2/c1-40-30-24(11-21(13-27(30)44-2)33(43)42-17-20-5-7-25(42)29(20)35)38-32(40)26-12-19-6-8-28(37-22-9-10-36-23(14-22)15-34)39-31(19)41(26)16-18-3-4-18/h6,8-14,18,20,25,29H,3-5,7,16-17,35H2,1-2H3,(H,36,37,39)/t20-,25-,29-/m1/s1. The number of pyridine rings is 2. The van der Waals surface area contributed by atoms with Crippen LogP contribution in [-0.4, -0.2) is 60.6 Å². The van der Waals surface area contributed by atoms with Crippen LogP contribution >= 0.6 is 0 Å². The maximum absolute atomic E-state index is 13.7. The van der Waals surface area contributed by atoms with Gasteiger partial charge in [-0.15, -0.1) is 0 Å². The van der Waals surface area contributed by atoms with Crippen LogP contribution in [0.4, 0.5) is 11.5 Å². The third kappa shape index (κ3) is 4.28. The second kappa shape index (κ2) is 10.1. The number of imidazole rings is 1. The third-order valence-electron chi connectivity index (χ3n) is 9.57. The monoisotopic (exact) mass is 587 g/mol. The lowest BCUT2D eigenvalue weighted by molar-refractivity contribution is 0.0700. The molecule has 3 N–H and O–H groups in total. The predicted octanol–water partition coefficient (Wildman–Crippen LogP) is 4.58. The van der Waals surface area contributed by atoms with Gasteiger partial charge < -0.3 is 29.8 Å². The highest BCUT2D eigenvalue weighted by atomic mass is 16.5. The molecule has 1 aliphatic heterocycles. The SMILES string of the molecule is COc1cc(C(=O)N2C[C@H]3CC[C@@H]2[C@@H]3N)cc2nc(-c3cc4ccc(Nc5ccnc(C#N)c5)nc4n3CC3CC3)n(C)c12. The molecule has 2 bridgehead atoms. The molecule has 44 heavy (non-hydrogen) atoms. The summed E-state index contributed by atoms with van der Waals surface area (Å²) in [4.78, 5) is 29.8. The van der Waals surface area contributed by atoms with E-state index in [1.165, 1.54) is 12.8 Å². The number of hydrogen-bond acceptors (Lipinski definition) is 8. The van der Waals surface area contributed by atoms with E-state index in [0.29, 0.717) is 46.7 Å². The van der Waals surface area contributed by atoms with Crippen LogP contribution < -0.4 is 15.8 Å². The zero-order valence-corrected chi connectivity index (χ0v) is 24.7. The lowest BCUT2D eigenvalue weighted by Crippen LogP contribution is -2.41. The summed E-state index contributed by atoms with van der Waals surface area (Å²) in [7, 11) is 3.62. The Labute approximate surface area is 254 Å². The van der Waals surface area contributed by atoms with Gasteiger partial charge in [0.05, 0.1) is 18.3 Å². The van der Waals surface area contributed by atoms with Gasteiger partial charge >= 0.3 is 0 Å². The van der Waals surface area contributed by atoms with Crippen LogP contribution in [0, 0.1) is 23.2 Å². The summed E-state index contributed by atoms with van der Waals surface area (Å²) in [6, 6.07) is 15.6. The number of aryl methyl sites for hydroxylation is 1. The fourth-order valence-corrected chi connectivity index (χ4v) is 7.11. The molecule has 11 nitrogen and oxygen atoms in total. The molecule has 5 aromatic rings. The number of likely N-dealkylation sites (tertiary alicyclic amines) is 1. The van der Waals surface area contributed by atoms with Crippen LogP contribution in [0.15, 0.2) is 48.7 Å². The number of benzene rings is 1. The van der Waals surface area contributed by atoms with Gasteiger partial charge in [-0.05, 0) is 80.0 Å². The summed E-state index contributed by atoms with van der Waals surface area (Å²) in [5.74, 6) is 3.04. The number of methoxy groups -OCH3 is 1. The van der Waals surface area contributed by atoms with Gasteiger partial charge in [0.2, 0.25) is 0 Å².